The van der Waals surface area contributed by atoms with Gasteiger partial charge in [-0.3, -0.25) is 4.79 Å². The summed E-state index contributed by atoms with van der Waals surface area (Å²) in [7, 11) is 0. The minimum atomic E-state index is -0.482. The molecule has 1 saturated heterocycles. The van der Waals surface area contributed by atoms with Crippen LogP contribution < -0.4 is 5.32 Å². The molecule has 0 unspecified atom stereocenters. The summed E-state index contributed by atoms with van der Waals surface area (Å²) in [5, 5.41) is 2.96. The predicted octanol–water partition coefficient (Wildman–Crippen LogP) is 3.72. The normalized spacial score (nSPS) is 25.6. The number of likely N-dealkylation sites (tertiary alicyclic amines) is 1. The molecule has 5 heteroatoms. The molecule has 0 aromatic heterocycles. The molecule has 24 heavy (non-hydrogen) atoms. The topological polar surface area (TPSA) is 58.6 Å². The van der Waals surface area contributed by atoms with Crippen molar-refractivity contribution >= 4 is 12.0 Å². The number of alkyl carbamates (subject to hydrolysis) is 1. The average molecular weight is 338 g/mol. The minimum absolute atomic E-state index is 0.0822. The van der Waals surface area contributed by atoms with Gasteiger partial charge in [0.05, 0.1) is 0 Å². The van der Waals surface area contributed by atoms with Crippen LogP contribution in [0, 0.1) is 11.8 Å². The van der Waals surface area contributed by atoms with Crippen LogP contribution in [0.4, 0.5) is 4.79 Å². The molecule has 2 fully saturated rings. The summed E-state index contributed by atoms with van der Waals surface area (Å²) in [5.74, 6) is 1.30. The molecule has 2 atom stereocenters. The highest BCUT2D eigenvalue weighted by Gasteiger charge is 2.31. The zero-order valence-electron chi connectivity index (χ0n) is 15.8. The number of rotatable bonds is 4. The van der Waals surface area contributed by atoms with Crippen molar-refractivity contribution < 1.29 is 14.3 Å². The van der Waals surface area contributed by atoms with Gasteiger partial charge >= 0.3 is 6.09 Å². The van der Waals surface area contributed by atoms with Crippen LogP contribution in [0.25, 0.3) is 0 Å². The first-order valence-corrected chi connectivity index (χ1v) is 9.52. The van der Waals surface area contributed by atoms with E-state index in [1.54, 1.807) is 0 Å². The van der Waals surface area contributed by atoms with Crippen molar-refractivity contribution in [3.8, 4) is 0 Å². The van der Waals surface area contributed by atoms with E-state index in [-0.39, 0.29) is 24.0 Å². The molecular formula is C19H34N2O3. The van der Waals surface area contributed by atoms with Gasteiger partial charge in [0.1, 0.15) is 5.60 Å². The number of nitrogens with one attached hydrogen (secondary N) is 1. The van der Waals surface area contributed by atoms with Gasteiger partial charge in [0.2, 0.25) is 5.91 Å². The maximum absolute atomic E-state index is 12.4. The van der Waals surface area contributed by atoms with Crippen LogP contribution in [0.2, 0.25) is 0 Å². The SMILES string of the molecule is C[C@H]1CN(C(=O)CCC2CCCC2)CC[C@H]1NC(=O)OC(C)(C)C. The van der Waals surface area contributed by atoms with E-state index >= 15 is 0 Å². The Bertz CT molecular complexity index is 438. The van der Waals surface area contributed by atoms with Crippen molar-refractivity contribution in [3.05, 3.63) is 0 Å². The van der Waals surface area contributed by atoms with E-state index in [1.165, 1.54) is 25.7 Å². The molecule has 1 aliphatic carbocycles. The quantitative estimate of drug-likeness (QED) is 0.850. The second kappa shape index (κ2) is 8.21. The third kappa shape index (κ3) is 5.99. The van der Waals surface area contributed by atoms with Crippen LogP contribution in [0.1, 0.15) is 72.6 Å². The highest BCUT2D eigenvalue weighted by Crippen LogP contribution is 2.29. The Balaban J connectivity index is 1.73. The number of ether oxygens (including phenoxy) is 1. The van der Waals surface area contributed by atoms with Crippen molar-refractivity contribution in [1.29, 1.82) is 0 Å². The zero-order chi connectivity index (χ0) is 17.7. The van der Waals surface area contributed by atoms with Gasteiger partial charge in [0.25, 0.3) is 0 Å². The molecule has 1 aliphatic heterocycles. The van der Waals surface area contributed by atoms with Crippen LogP contribution >= 0.6 is 0 Å². The summed E-state index contributed by atoms with van der Waals surface area (Å²) in [5.41, 5.74) is -0.482. The maximum atomic E-state index is 12.4. The van der Waals surface area contributed by atoms with Crippen LogP contribution in [-0.4, -0.2) is 41.6 Å². The summed E-state index contributed by atoms with van der Waals surface area (Å²) in [4.78, 5) is 26.3. The smallest absolute Gasteiger partial charge is 0.407 e. The number of hydrogen-bond acceptors (Lipinski definition) is 3. The zero-order valence-corrected chi connectivity index (χ0v) is 15.8. The highest BCUT2D eigenvalue weighted by molar-refractivity contribution is 5.76. The second-order valence-corrected chi connectivity index (χ2v) is 8.55. The molecule has 2 amide bonds. The maximum Gasteiger partial charge on any atom is 0.407 e. The van der Waals surface area contributed by atoms with E-state index in [0.29, 0.717) is 6.42 Å². The lowest BCUT2D eigenvalue weighted by Crippen LogP contribution is -2.52. The highest BCUT2D eigenvalue weighted by atomic mass is 16.6. The molecule has 1 heterocycles. The molecule has 0 spiro atoms. The van der Waals surface area contributed by atoms with Crippen LogP contribution in [-0.2, 0) is 9.53 Å². The lowest BCUT2D eigenvalue weighted by atomic mass is 9.93. The largest absolute Gasteiger partial charge is 0.444 e. The number of amides is 2. The Kier molecular flexibility index (Phi) is 6.53. The summed E-state index contributed by atoms with van der Waals surface area (Å²) in [6.07, 6.45) is 7.42. The summed E-state index contributed by atoms with van der Waals surface area (Å²) in [6, 6.07) is 0.0822. The second-order valence-electron chi connectivity index (χ2n) is 8.55. The van der Waals surface area contributed by atoms with Crippen LogP contribution in [0.15, 0.2) is 0 Å². The summed E-state index contributed by atoms with van der Waals surface area (Å²) in [6.45, 7) is 9.14. The summed E-state index contributed by atoms with van der Waals surface area (Å²) >= 11 is 0. The van der Waals surface area contributed by atoms with Gasteiger partial charge in [0, 0.05) is 25.6 Å². The van der Waals surface area contributed by atoms with Crippen molar-refractivity contribution in [2.45, 2.75) is 84.3 Å². The Morgan fingerprint density at radius 1 is 1.17 bits per heavy atom. The number of carbonyl (C=O) groups excluding carboxylic acids is 2. The van der Waals surface area contributed by atoms with E-state index in [0.717, 1.165) is 31.8 Å². The van der Waals surface area contributed by atoms with Gasteiger partial charge in [-0.25, -0.2) is 4.79 Å². The number of piperidine rings is 1. The molecule has 1 N–H and O–H groups in total. The number of carbonyl (C=O) groups is 2. The fourth-order valence-corrected chi connectivity index (χ4v) is 3.83. The third-order valence-corrected chi connectivity index (χ3v) is 5.20. The van der Waals surface area contributed by atoms with Gasteiger partial charge in [-0.1, -0.05) is 32.6 Å². The summed E-state index contributed by atoms with van der Waals surface area (Å²) < 4.78 is 5.33. The predicted molar refractivity (Wildman–Crippen MR) is 94.7 cm³/mol. The van der Waals surface area contributed by atoms with E-state index in [2.05, 4.69) is 12.2 Å². The van der Waals surface area contributed by atoms with Crippen molar-refractivity contribution in [2.24, 2.45) is 11.8 Å². The van der Waals surface area contributed by atoms with Gasteiger partial charge in [-0.05, 0) is 45.4 Å². The lowest BCUT2D eigenvalue weighted by molar-refractivity contribution is -0.133. The first-order valence-electron chi connectivity index (χ1n) is 9.52. The van der Waals surface area contributed by atoms with Gasteiger partial charge < -0.3 is 15.0 Å². The monoisotopic (exact) mass is 338 g/mol. The number of nitrogens with zero attached hydrogens (tertiary/aromatic N) is 1. The standard InChI is InChI=1S/C19H34N2O3/c1-14-13-21(17(22)10-9-15-7-5-6-8-15)12-11-16(14)20-18(23)24-19(2,3)4/h14-16H,5-13H2,1-4H3,(H,20,23)/t14-,16+/m0/s1. The van der Waals surface area contributed by atoms with Crippen molar-refractivity contribution in [2.75, 3.05) is 13.1 Å². The molecular weight excluding hydrogens is 304 g/mol. The fraction of sp³-hybridized carbons (Fsp3) is 0.895. The molecule has 1 saturated carbocycles. The minimum Gasteiger partial charge on any atom is -0.444 e. The lowest BCUT2D eigenvalue weighted by Gasteiger charge is -2.37. The molecule has 0 aromatic rings. The molecule has 5 nitrogen and oxygen atoms in total. The molecule has 2 aliphatic rings. The van der Waals surface area contributed by atoms with E-state index < -0.39 is 5.60 Å². The van der Waals surface area contributed by atoms with Crippen LogP contribution in [0.5, 0.6) is 0 Å². The van der Waals surface area contributed by atoms with E-state index in [1.807, 2.05) is 25.7 Å². The van der Waals surface area contributed by atoms with Crippen LogP contribution in [0.3, 0.4) is 0 Å². The van der Waals surface area contributed by atoms with Crippen molar-refractivity contribution in [1.82, 2.24) is 10.2 Å². The Hall–Kier alpha value is -1.26. The first-order chi connectivity index (χ1) is 11.2. The molecule has 0 radical (unpaired) electrons. The molecule has 2 rings (SSSR count). The van der Waals surface area contributed by atoms with E-state index in [4.69, 9.17) is 4.74 Å². The third-order valence-electron chi connectivity index (χ3n) is 5.20. The van der Waals surface area contributed by atoms with Gasteiger partial charge in [-0.15, -0.1) is 0 Å². The fourth-order valence-electron chi connectivity index (χ4n) is 3.83. The van der Waals surface area contributed by atoms with E-state index in [9.17, 15) is 9.59 Å². The Labute approximate surface area is 146 Å². The van der Waals surface area contributed by atoms with Crippen molar-refractivity contribution in [3.63, 3.8) is 0 Å². The first kappa shape index (κ1) is 19.1. The van der Waals surface area contributed by atoms with Gasteiger partial charge in [0.15, 0.2) is 0 Å². The van der Waals surface area contributed by atoms with Gasteiger partial charge in [-0.2, -0.15) is 0 Å². The Morgan fingerprint density at radius 2 is 1.83 bits per heavy atom. The number of hydrogen-bond donors (Lipinski definition) is 1. The average Bonchev–Trinajstić information content (AvgIpc) is 2.98. The Morgan fingerprint density at radius 3 is 2.42 bits per heavy atom. The molecule has 0 aromatic carbocycles. The molecule has 138 valence electrons. The molecule has 0 bridgehead atoms.